The zero-order valence-electron chi connectivity index (χ0n) is 14.6. The van der Waals surface area contributed by atoms with Crippen LogP contribution in [0.15, 0.2) is 36.5 Å². The van der Waals surface area contributed by atoms with Crippen molar-refractivity contribution in [1.82, 2.24) is 10.3 Å². The summed E-state index contributed by atoms with van der Waals surface area (Å²) in [7, 11) is 0. The Morgan fingerprint density at radius 2 is 1.92 bits per heavy atom. The molecule has 0 saturated heterocycles. The van der Waals surface area contributed by atoms with Crippen molar-refractivity contribution in [2.24, 2.45) is 0 Å². The lowest BCUT2D eigenvalue weighted by Crippen LogP contribution is -2.24. The van der Waals surface area contributed by atoms with E-state index < -0.39 is 11.6 Å². The summed E-state index contributed by atoms with van der Waals surface area (Å²) < 4.78 is 26.6. The number of anilines is 1. The number of aromatic nitrogens is 1. The number of carbonyl (C=O) groups excluding carboxylic acids is 1. The van der Waals surface area contributed by atoms with Crippen LogP contribution in [-0.4, -0.2) is 24.0 Å². The zero-order valence-corrected chi connectivity index (χ0v) is 14.6. The molecular formula is C19H23F2N3O. The quantitative estimate of drug-likeness (QED) is 0.795. The molecule has 134 valence electrons. The lowest BCUT2D eigenvalue weighted by molar-refractivity contribution is -0.121. The van der Waals surface area contributed by atoms with Crippen molar-refractivity contribution in [3.8, 4) is 0 Å². The molecule has 0 unspecified atom stereocenters. The van der Waals surface area contributed by atoms with Crippen molar-refractivity contribution < 1.29 is 13.6 Å². The number of hydrogen-bond donors (Lipinski definition) is 1. The van der Waals surface area contributed by atoms with Gasteiger partial charge in [-0.25, -0.2) is 13.8 Å². The number of benzene rings is 1. The van der Waals surface area contributed by atoms with Crippen molar-refractivity contribution in [3.05, 3.63) is 59.3 Å². The number of hydrogen-bond acceptors (Lipinski definition) is 3. The average Bonchev–Trinajstić information content (AvgIpc) is 2.62. The van der Waals surface area contributed by atoms with E-state index in [1.807, 2.05) is 12.1 Å². The van der Waals surface area contributed by atoms with Crippen LogP contribution >= 0.6 is 0 Å². The van der Waals surface area contributed by atoms with Crippen LogP contribution in [0.1, 0.15) is 31.4 Å². The fourth-order valence-electron chi connectivity index (χ4n) is 2.56. The van der Waals surface area contributed by atoms with Crippen molar-refractivity contribution in [2.45, 2.75) is 33.2 Å². The van der Waals surface area contributed by atoms with Gasteiger partial charge in [-0.2, -0.15) is 0 Å². The number of rotatable bonds is 8. The summed E-state index contributed by atoms with van der Waals surface area (Å²) in [6.07, 6.45) is 2.58. The van der Waals surface area contributed by atoms with E-state index in [0.29, 0.717) is 6.42 Å². The van der Waals surface area contributed by atoms with E-state index in [0.717, 1.165) is 42.7 Å². The molecule has 4 nitrogen and oxygen atoms in total. The first-order valence-corrected chi connectivity index (χ1v) is 8.44. The lowest BCUT2D eigenvalue weighted by atomic mass is 10.1. The molecule has 6 heteroatoms. The predicted octanol–water partition coefficient (Wildman–Crippen LogP) is 3.46. The maximum Gasteiger partial charge on any atom is 0.220 e. The normalized spacial score (nSPS) is 10.6. The van der Waals surface area contributed by atoms with E-state index in [1.165, 1.54) is 0 Å². The van der Waals surface area contributed by atoms with Crippen LogP contribution < -0.4 is 10.2 Å². The van der Waals surface area contributed by atoms with Gasteiger partial charge in [-0.1, -0.05) is 0 Å². The third kappa shape index (κ3) is 5.52. The maximum absolute atomic E-state index is 13.5. The van der Waals surface area contributed by atoms with Crippen LogP contribution in [0.3, 0.4) is 0 Å². The summed E-state index contributed by atoms with van der Waals surface area (Å²) in [6.45, 7) is 5.84. The summed E-state index contributed by atoms with van der Waals surface area (Å²) in [6, 6.07) is 7.06. The first-order valence-electron chi connectivity index (χ1n) is 8.44. The van der Waals surface area contributed by atoms with Gasteiger partial charge in [0.15, 0.2) is 0 Å². The standard InChI is InChI=1S/C19H23F2N3O/c1-3-24(4-2)18-11-14(9-10-22-18)5-8-19(25)23-13-15-12-16(20)6-7-17(15)21/h6-7,9-12H,3-5,8,13H2,1-2H3,(H,23,25). The van der Waals surface area contributed by atoms with Gasteiger partial charge < -0.3 is 10.2 Å². The van der Waals surface area contributed by atoms with Gasteiger partial charge in [0.25, 0.3) is 0 Å². The highest BCUT2D eigenvalue weighted by Crippen LogP contribution is 2.14. The molecule has 2 aromatic rings. The zero-order chi connectivity index (χ0) is 18.2. The lowest BCUT2D eigenvalue weighted by Gasteiger charge is -2.20. The Balaban J connectivity index is 1.87. The molecule has 1 aromatic carbocycles. The van der Waals surface area contributed by atoms with Crippen LogP contribution in [0.5, 0.6) is 0 Å². The first-order chi connectivity index (χ1) is 12.0. The molecular weight excluding hydrogens is 324 g/mol. The highest BCUT2D eigenvalue weighted by molar-refractivity contribution is 5.76. The highest BCUT2D eigenvalue weighted by atomic mass is 19.1. The van der Waals surface area contributed by atoms with Crippen LogP contribution in [0.4, 0.5) is 14.6 Å². The van der Waals surface area contributed by atoms with E-state index in [4.69, 9.17) is 0 Å². The van der Waals surface area contributed by atoms with Gasteiger partial charge in [0.2, 0.25) is 5.91 Å². The topological polar surface area (TPSA) is 45.2 Å². The Labute approximate surface area is 146 Å². The molecule has 2 rings (SSSR count). The van der Waals surface area contributed by atoms with Gasteiger partial charge in [0.05, 0.1) is 0 Å². The van der Waals surface area contributed by atoms with Gasteiger partial charge >= 0.3 is 0 Å². The molecule has 0 atom stereocenters. The van der Waals surface area contributed by atoms with Crippen molar-refractivity contribution in [2.75, 3.05) is 18.0 Å². The Hall–Kier alpha value is -2.50. The number of halogens is 2. The highest BCUT2D eigenvalue weighted by Gasteiger charge is 2.08. The summed E-state index contributed by atoms with van der Waals surface area (Å²) >= 11 is 0. The maximum atomic E-state index is 13.5. The average molecular weight is 347 g/mol. The number of pyridine rings is 1. The summed E-state index contributed by atoms with van der Waals surface area (Å²) in [5.41, 5.74) is 1.16. The molecule has 0 bridgehead atoms. The summed E-state index contributed by atoms with van der Waals surface area (Å²) in [4.78, 5) is 18.4. The minimum absolute atomic E-state index is 0.0243. The van der Waals surface area contributed by atoms with E-state index >= 15 is 0 Å². The third-order valence-corrected chi connectivity index (χ3v) is 4.02. The third-order valence-electron chi connectivity index (χ3n) is 4.02. The van der Waals surface area contributed by atoms with Gasteiger partial charge in [-0.3, -0.25) is 4.79 Å². The van der Waals surface area contributed by atoms with Crippen molar-refractivity contribution in [1.29, 1.82) is 0 Å². The van der Waals surface area contributed by atoms with Gasteiger partial charge in [-0.05, 0) is 56.2 Å². The van der Waals surface area contributed by atoms with Crippen molar-refractivity contribution in [3.63, 3.8) is 0 Å². The van der Waals surface area contributed by atoms with E-state index in [9.17, 15) is 13.6 Å². The van der Waals surface area contributed by atoms with Crippen LogP contribution in [0, 0.1) is 11.6 Å². The largest absolute Gasteiger partial charge is 0.357 e. The Morgan fingerprint density at radius 3 is 2.64 bits per heavy atom. The Bertz CT molecular complexity index is 718. The molecule has 1 N–H and O–H groups in total. The minimum Gasteiger partial charge on any atom is -0.357 e. The molecule has 1 aromatic heterocycles. The second-order valence-corrected chi connectivity index (χ2v) is 5.71. The molecule has 0 saturated carbocycles. The molecule has 0 aliphatic rings. The smallest absolute Gasteiger partial charge is 0.220 e. The first kappa shape index (κ1) is 18.8. The molecule has 0 radical (unpaired) electrons. The molecule has 25 heavy (non-hydrogen) atoms. The summed E-state index contributed by atoms with van der Waals surface area (Å²) in [5.74, 6) is -0.360. The number of carbonyl (C=O) groups is 1. The molecule has 0 aliphatic heterocycles. The van der Waals surface area contributed by atoms with Gasteiger partial charge in [0, 0.05) is 37.8 Å². The molecule has 1 amide bonds. The van der Waals surface area contributed by atoms with Crippen LogP contribution in [0.25, 0.3) is 0 Å². The monoisotopic (exact) mass is 347 g/mol. The SMILES string of the molecule is CCN(CC)c1cc(CCC(=O)NCc2cc(F)ccc2F)ccn1. The fraction of sp³-hybridized carbons (Fsp3) is 0.368. The molecule has 0 spiro atoms. The Kier molecular flexibility index (Phi) is 6.86. The number of nitrogens with one attached hydrogen (secondary N) is 1. The van der Waals surface area contributed by atoms with E-state index in [2.05, 4.69) is 29.0 Å². The second kappa shape index (κ2) is 9.11. The summed E-state index contributed by atoms with van der Waals surface area (Å²) in [5, 5.41) is 2.63. The molecule has 0 fully saturated rings. The van der Waals surface area contributed by atoms with Gasteiger partial charge in [-0.15, -0.1) is 0 Å². The number of nitrogens with zero attached hydrogens (tertiary/aromatic N) is 2. The van der Waals surface area contributed by atoms with Crippen LogP contribution in [0.2, 0.25) is 0 Å². The predicted molar refractivity (Wildman–Crippen MR) is 94.3 cm³/mol. The fourth-order valence-corrected chi connectivity index (χ4v) is 2.56. The van der Waals surface area contributed by atoms with Crippen LogP contribution in [-0.2, 0) is 17.8 Å². The van der Waals surface area contributed by atoms with Crippen molar-refractivity contribution >= 4 is 11.7 Å². The second-order valence-electron chi connectivity index (χ2n) is 5.71. The van der Waals surface area contributed by atoms with E-state index in [-0.39, 0.29) is 24.4 Å². The number of aryl methyl sites for hydroxylation is 1. The van der Waals surface area contributed by atoms with E-state index in [1.54, 1.807) is 6.20 Å². The molecule has 1 heterocycles. The number of amides is 1. The van der Waals surface area contributed by atoms with Gasteiger partial charge in [0.1, 0.15) is 17.5 Å². The molecule has 0 aliphatic carbocycles. The Morgan fingerprint density at radius 1 is 1.16 bits per heavy atom. The minimum atomic E-state index is -0.528.